The molecule has 0 saturated heterocycles. The van der Waals surface area contributed by atoms with Gasteiger partial charge in [-0.15, -0.1) is 24.0 Å². The van der Waals surface area contributed by atoms with Crippen molar-refractivity contribution in [3.8, 4) is 5.75 Å². The average molecular weight is 499 g/mol. The van der Waals surface area contributed by atoms with Crippen LogP contribution in [0.25, 0.3) is 0 Å². The average Bonchev–Trinajstić information content (AvgIpc) is 3.01. The van der Waals surface area contributed by atoms with Gasteiger partial charge in [-0.05, 0) is 52.2 Å². The predicted octanol–water partition coefficient (Wildman–Crippen LogP) is 3.90. The van der Waals surface area contributed by atoms with Gasteiger partial charge in [0.15, 0.2) is 5.96 Å². The Morgan fingerprint density at radius 3 is 2.61 bits per heavy atom. The fourth-order valence-electron chi connectivity index (χ4n) is 2.67. The lowest BCUT2D eigenvalue weighted by Crippen LogP contribution is -2.37. The van der Waals surface area contributed by atoms with E-state index in [9.17, 15) is 0 Å². The van der Waals surface area contributed by atoms with E-state index >= 15 is 0 Å². The summed E-state index contributed by atoms with van der Waals surface area (Å²) in [6.45, 7) is 10.5. The summed E-state index contributed by atoms with van der Waals surface area (Å²) in [6.07, 6.45) is 6.01. The molecule has 0 aliphatic rings. The molecule has 0 atom stereocenters. The molecule has 0 fully saturated rings. The van der Waals surface area contributed by atoms with Gasteiger partial charge in [0.2, 0.25) is 0 Å². The number of nitrogens with zero attached hydrogens (tertiary/aromatic N) is 3. The minimum absolute atomic E-state index is 0. The fourth-order valence-corrected chi connectivity index (χ4v) is 2.67. The summed E-state index contributed by atoms with van der Waals surface area (Å²) in [4.78, 5) is 4.72. The summed E-state index contributed by atoms with van der Waals surface area (Å²) in [5, 5.41) is 10.9. The van der Waals surface area contributed by atoms with Gasteiger partial charge in [-0.3, -0.25) is 4.68 Å². The van der Waals surface area contributed by atoms with Gasteiger partial charge in [0, 0.05) is 31.9 Å². The van der Waals surface area contributed by atoms with E-state index in [0.29, 0.717) is 6.54 Å². The lowest BCUT2D eigenvalue weighted by Gasteiger charge is -2.23. The van der Waals surface area contributed by atoms with Crippen molar-refractivity contribution in [3.63, 3.8) is 0 Å². The summed E-state index contributed by atoms with van der Waals surface area (Å²) in [7, 11) is 1.94. The van der Waals surface area contributed by atoms with Gasteiger partial charge in [0.25, 0.3) is 0 Å². The van der Waals surface area contributed by atoms with E-state index in [2.05, 4.69) is 55.7 Å². The largest absolute Gasteiger partial charge is 0.488 e. The molecule has 1 heterocycles. The number of aromatic nitrogens is 2. The van der Waals surface area contributed by atoms with E-state index in [-0.39, 0.29) is 29.6 Å². The van der Waals surface area contributed by atoms with Crippen LogP contribution in [0.4, 0.5) is 0 Å². The molecule has 7 heteroatoms. The zero-order valence-corrected chi connectivity index (χ0v) is 20.0. The summed E-state index contributed by atoms with van der Waals surface area (Å²) in [5.41, 5.74) is 2.11. The van der Waals surface area contributed by atoms with Gasteiger partial charge in [-0.2, -0.15) is 5.10 Å². The number of nitrogens with one attached hydrogen (secondary N) is 2. The standard InChI is InChI=1S/C21H33N5O.HI/c1-6-22-20(23-13-9-10-17-14-25-26(5)16-17)24-15-18-11-7-8-12-19(18)27-21(2,3)4;/h7-8,11-12,14,16H,6,9-10,13,15H2,1-5H3,(H2,22,23,24);1H. The monoisotopic (exact) mass is 499 g/mol. The molecule has 28 heavy (non-hydrogen) atoms. The van der Waals surface area contributed by atoms with Crippen LogP contribution in [0.2, 0.25) is 0 Å². The number of halogens is 1. The summed E-state index contributed by atoms with van der Waals surface area (Å²) >= 11 is 0. The molecule has 2 aromatic rings. The molecule has 0 amide bonds. The smallest absolute Gasteiger partial charge is 0.191 e. The molecule has 2 N–H and O–H groups in total. The summed E-state index contributed by atoms with van der Waals surface area (Å²) in [5.74, 6) is 1.72. The number of para-hydroxylation sites is 1. The predicted molar refractivity (Wildman–Crippen MR) is 127 cm³/mol. The molecule has 0 saturated carbocycles. The highest BCUT2D eigenvalue weighted by atomic mass is 127. The molecule has 1 aromatic carbocycles. The van der Waals surface area contributed by atoms with Crippen LogP contribution in [-0.4, -0.2) is 34.4 Å². The van der Waals surface area contributed by atoms with Crippen LogP contribution in [0.3, 0.4) is 0 Å². The topological polar surface area (TPSA) is 63.5 Å². The number of hydrogen-bond donors (Lipinski definition) is 2. The molecule has 0 spiro atoms. The normalized spacial score (nSPS) is 11.7. The highest BCUT2D eigenvalue weighted by Gasteiger charge is 2.14. The summed E-state index contributed by atoms with van der Waals surface area (Å²) < 4.78 is 7.90. The van der Waals surface area contributed by atoms with Gasteiger partial charge in [-0.1, -0.05) is 18.2 Å². The van der Waals surface area contributed by atoms with Gasteiger partial charge in [0.05, 0.1) is 12.7 Å². The van der Waals surface area contributed by atoms with Gasteiger partial charge in [0.1, 0.15) is 11.4 Å². The SMILES string of the molecule is CCNC(=NCc1ccccc1OC(C)(C)C)NCCCc1cnn(C)c1.I. The Labute approximate surface area is 186 Å². The van der Waals surface area contributed by atoms with Crippen LogP contribution in [0, 0.1) is 0 Å². The van der Waals surface area contributed by atoms with E-state index in [1.807, 2.05) is 36.1 Å². The zero-order valence-electron chi connectivity index (χ0n) is 17.7. The number of hydrogen-bond acceptors (Lipinski definition) is 3. The lowest BCUT2D eigenvalue weighted by molar-refractivity contribution is 0.129. The Kier molecular flexibility index (Phi) is 10.3. The minimum atomic E-state index is -0.227. The van der Waals surface area contributed by atoms with Crippen molar-refractivity contribution < 1.29 is 4.74 Å². The highest BCUT2D eigenvalue weighted by molar-refractivity contribution is 14.0. The molecule has 6 nitrogen and oxygen atoms in total. The van der Waals surface area contributed by atoms with E-state index in [4.69, 9.17) is 9.73 Å². The minimum Gasteiger partial charge on any atom is -0.488 e. The van der Waals surface area contributed by atoms with Crippen molar-refractivity contribution in [2.45, 2.75) is 52.7 Å². The maximum Gasteiger partial charge on any atom is 0.191 e. The Morgan fingerprint density at radius 2 is 1.96 bits per heavy atom. The van der Waals surface area contributed by atoms with E-state index in [0.717, 1.165) is 43.2 Å². The van der Waals surface area contributed by atoms with Crippen LogP contribution in [0.1, 0.15) is 45.2 Å². The first kappa shape index (κ1) is 24.3. The van der Waals surface area contributed by atoms with Crippen LogP contribution < -0.4 is 15.4 Å². The second kappa shape index (κ2) is 11.9. The molecule has 0 bridgehead atoms. The third-order valence-electron chi connectivity index (χ3n) is 3.83. The molecule has 0 unspecified atom stereocenters. The van der Waals surface area contributed by atoms with Crippen molar-refractivity contribution in [3.05, 3.63) is 47.8 Å². The second-order valence-electron chi connectivity index (χ2n) is 7.57. The first-order chi connectivity index (χ1) is 12.9. The van der Waals surface area contributed by atoms with Gasteiger partial charge < -0.3 is 15.4 Å². The maximum atomic E-state index is 6.06. The van der Waals surface area contributed by atoms with Gasteiger partial charge in [-0.25, -0.2) is 4.99 Å². The number of ether oxygens (including phenoxy) is 1. The number of aryl methyl sites for hydroxylation is 2. The fraction of sp³-hybridized carbons (Fsp3) is 0.524. The number of rotatable bonds is 8. The van der Waals surface area contributed by atoms with E-state index in [1.54, 1.807) is 0 Å². The molecular formula is C21H34IN5O. The van der Waals surface area contributed by atoms with Gasteiger partial charge >= 0.3 is 0 Å². The van der Waals surface area contributed by atoms with E-state index in [1.165, 1.54) is 5.56 Å². The molecule has 156 valence electrons. The lowest BCUT2D eigenvalue weighted by atomic mass is 10.1. The molecule has 0 radical (unpaired) electrons. The van der Waals surface area contributed by atoms with Crippen LogP contribution >= 0.6 is 24.0 Å². The Bertz CT molecular complexity index is 736. The summed E-state index contributed by atoms with van der Waals surface area (Å²) in [6, 6.07) is 8.09. The molecular weight excluding hydrogens is 465 g/mol. The molecule has 0 aliphatic carbocycles. The number of benzene rings is 1. The Morgan fingerprint density at radius 1 is 1.21 bits per heavy atom. The Balaban J connectivity index is 0.00000392. The number of aliphatic imine (C=N–C) groups is 1. The van der Waals surface area contributed by atoms with Crippen molar-refractivity contribution in [1.29, 1.82) is 0 Å². The van der Waals surface area contributed by atoms with Crippen LogP contribution in [0.5, 0.6) is 5.75 Å². The molecule has 1 aromatic heterocycles. The molecule has 0 aliphatic heterocycles. The quantitative estimate of drug-likeness (QED) is 0.250. The maximum absolute atomic E-state index is 6.06. The van der Waals surface area contributed by atoms with Crippen LogP contribution in [-0.2, 0) is 20.0 Å². The van der Waals surface area contributed by atoms with Crippen LogP contribution in [0.15, 0.2) is 41.7 Å². The first-order valence-electron chi connectivity index (χ1n) is 9.64. The van der Waals surface area contributed by atoms with Crippen molar-refractivity contribution in [1.82, 2.24) is 20.4 Å². The second-order valence-corrected chi connectivity index (χ2v) is 7.57. The third-order valence-corrected chi connectivity index (χ3v) is 3.83. The Hall–Kier alpha value is -1.77. The van der Waals surface area contributed by atoms with Crippen molar-refractivity contribution in [2.75, 3.05) is 13.1 Å². The molecule has 2 rings (SSSR count). The highest BCUT2D eigenvalue weighted by Crippen LogP contribution is 2.23. The zero-order chi connectivity index (χ0) is 19.7. The van der Waals surface area contributed by atoms with Crippen molar-refractivity contribution in [2.24, 2.45) is 12.0 Å². The third kappa shape index (κ3) is 8.95. The van der Waals surface area contributed by atoms with Crippen molar-refractivity contribution >= 4 is 29.9 Å². The number of guanidine groups is 1. The van der Waals surface area contributed by atoms with E-state index < -0.39 is 0 Å². The first-order valence-corrected chi connectivity index (χ1v) is 9.64.